The van der Waals surface area contributed by atoms with Gasteiger partial charge in [0.1, 0.15) is 0 Å². The molecule has 0 bridgehead atoms. The molecule has 0 N–H and O–H groups in total. The van der Waals surface area contributed by atoms with Crippen LogP contribution in [-0.2, 0) is 11.3 Å². The smallest absolute Gasteiger partial charge is 0.0869 e. The lowest BCUT2D eigenvalue weighted by Gasteiger charge is -2.33. The summed E-state index contributed by atoms with van der Waals surface area (Å²) in [6, 6.07) is 4.96. The summed E-state index contributed by atoms with van der Waals surface area (Å²) in [4.78, 5) is 6.42. The van der Waals surface area contributed by atoms with Crippen LogP contribution in [0, 0.1) is 0 Å². The van der Waals surface area contributed by atoms with Crippen molar-refractivity contribution in [1.29, 1.82) is 0 Å². The van der Waals surface area contributed by atoms with Crippen molar-refractivity contribution < 1.29 is 4.74 Å². The van der Waals surface area contributed by atoms with E-state index < -0.39 is 0 Å². The zero-order valence-electron chi connectivity index (χ0n) is 9.63. The first-order valence-corrected chi connectivity index (χ1v) is 6.77. The van der Waals surface area contributed by atoms with Crippen molar-refractivity contribution in [2.45, 2.75) is 18.7 Å². The summed E-state index contributed by atoms with van der Waals surface area (Å²) >= 11 is 1.85. The van der Waals surface area contributed by atoms with Gasteiger partial charge < -0.3 is 4.74 Å². The van der Waals surface area contributed by atoms with Crippen LogP contribution in [0.3, 0.4) is 0 Å². The summed E-state index contributed by atoms with van der Waals surface area (Å²) in [5.74, 6) is 0. The number of morpholine rings is 1. The first-order valence-electron chi connectivity index (χ1n) is 5.89. The number of ether oxygens (including phenoxy) is 1. The quantitative estimate of drug-likeness (QED) is 0.771. The topological polar surface area (TPSA) is 15.7 Å². The molecule has 0 aromatic carbocycles. The molecule has 3 nitrogen and oxygen atoms in total. The minimum Gasteiger partial charge on any atom is -0.374 e. The zero-order valence-corrected chi connectivity index (χ0v) is 10.4. The van der Waals surface area contributed by atoms with Crippen LogP contribution in [0.25, 0.3) is 0 Å². The standard InChI is InChI=1S/C12H18N2OS/c1-13-4-5-15-12-9-14(8-11(12)13)7-10-3-2-6-16-10/h2-3,6,11-12H,4-5,7-9H2,1H3/t11-,12+/m0/s1. The molecule has 0 unspecified atom stereocenters. The third kappa shape index (κ3) is 2.02. The van der Waals surface area contributed by atoms with E-state index in [4.69, 9.17) is 4.74 Å². The second-order valence-corrected chi connectivity index (χ2v) is 5.76. The molecule has 2 aliphatic rings. The number of nitrogens with zero attached hydrogens (tertiary/aromatic N) is 2. The van der Waals surface area contributed by atoms with Crippen LogP contribution in [0.4, 0.5) is 0 Å². The molecule has 0 radical (unpaired) electrons. The van der Waals surface area contributed by atoms with Crippen molar-refractivity contribution in [3.05, 3.63) is 22.4 Å². The normalized spacial score (nSPS) is 31.8. The van der Waals surface area contributed by atoms with E-state index >= 15 is 0 Å². The van der Waals surface area contributed by atoms with E-state index in [1.165, 1.54) is 4.88 Å². The van der Waals surface area contributed by atoms with Gasteiger partial charge in [-0.2, -0.15) is 0 Å². The fourth-order valence-electron chi connectivity index (χ4n) is 2.69. The Morgan fingerprint density at radius 2 is 2.44 bits per heavy atom. The molecule has 16 heavy (non-hydrogen) atoms. The van der Waals surface area contributed by atoms with Crippen LogP contribution in [0.2, 0.25) is 0 Å². The number of rotatable bonds is 2. The molecular formula is C12H18N2OS. The lowest BCUT2D eigenvalue weighted by molar-refractivity contribution is -0.0370. The van der Waals surface area contributed by atoms with E-state index in [1.54, 1.807) is 0 Å². The molecule has 0 spiro atoms. The van der Waals surface area contributed by atoms with Crippen LogP contribution in [0.1, 0.15) is 4.88 Å². The monoisotopic (exact) mass is 238 g/mol. The first-order chi connectivity index (χ1) is 7.83. The first kappa shape index (κ1) is 10.7. The average Bonchev–Trinajstić information content (AvgIpc) is 2.88. The third-order valence-electron chi connectivity index (χ3n) is 3.61. The van der Waals surface area contributed by atoms with E-state index in [2.05, 4.69) is 34.4 Å². The highest BCUT2D eigenvalue weighted by Gasteiger charge is 2.38. The van der Waals surface area contributed by atoms with Gasteiger partial charge in [-0.3, -0.25) is 9.80 Å². The Balaban J connectivity index is 1.63. The molecule has 0 aliphatic carbocycles. The molecule has 1 aromatic rings. The second kappa shape index (κ2) is 4.45. The van der Waals surface area contributed by atoms with Crippen molar-refractivity contribution in [1.82, 2.24) is 9.80 Å². The Kier molecular flexibility index (Phi) is 2.98. The van der Waals surface area contributed by atoms with Gasteiger partial charge in [0.05, 0.1) is 12.7 Å². The highest BCUT2D eigenvalue weighted by molar-refractivity contribution is 7.09. The highest BCUT2D eigenvalue weighted by Crippen LogP contribution is 2.24. The number of fused-ring (bicyclic) bond motifs is 1. The van der Waals surface area contributed by atoms with Crippen LogP contribution in [0.5, 0.6) is 0 Å². The molecule has 2 fully saturated rings. The maximum Gasteiger partial charge on any atom is 0.0869 e. The van der Waals surface area contributed by atoms with Gasteiger partial charge >= 0.3 is 0 Å². The summed E-state index contributed by atoms with van der Waals surface area (Å²) in [6.07, 6.45) is 0.429. The summed E-state index contributed by atoms with van der Waals surface area (Å²) in [5, 5.41) is 2.15. The molecule has 2 saturated heterocycles. The van der Waals surface area contributed by atoms with Gasteiger partial charge in [0.2, 0.25) is 0 Å². The minimum atomic E-state index is 0.429. The lowest BCUT2D eigenvalue weighted by Crippen LogP contribution is -2.48. The minimum absolute atomic E-state index is 0.429. The molecule has 4 heteroatoms. The van der Waals surface area contributed by atoms with Gasteiger partial charge in [-0.15, -0.1) is 11.3 Å². The molecule has 1 aromatic heterocycles. The number of thiophene rings is 1. The van der Waals surface area contributed by atoms with Crippen molar-refractivity contribution in [2.24, 2.45) is 0 Å². The Bertz CT molecular complexity index is 341. The fourth-order valence-corrected chi connectivity index (χ4v) is 3.43. The summed E-state index contributed by atoms with van der Waals surface area (Å²) in [5.41, 5.74) is 0. The largest absolute Gasteiger partial charge is 0.374 e. The van der Waals surface area contributed by atoms with Gasteiger partial charge in [0.15, 0.2) is 0 Å². The molecule has 88 valence electrons. The maximum atomic E-state index is 5.84. The number of hydrogen-bond acceptors (Lipinski definition) is 4. The number of likely N-dealkylation sites (tertiary alicyclic amines) is 1. The van der Waals surface area contributed by atoms with E-state index in [-0.39, 0.29) is 0 Å². The SMILES string of the molecule is CN1CCO[C@@H]2CN(Cc3cccs3)C[C@@H]21. The molecule has 2 atom stereocenters. The predicted molar refractivity (Wildman–Crippen MR) is 65.8 cm³/mol. The van der Waals surface area contributed by atoms with Gasteiger partial charge in [0, 0.05) is 37.1 Å². The number of likely N-dealkylation sites (N-methyl/N-ethyl adjacent to an activating group) is 1. The van der Waals surface area contributed by atoms with E-state index in [0.717, 1.165) is 32.8 Å². The Morgan fingerprint density at radius 1 is 1.50 bits per heavy atom. The van der Waals surface area contributed by atoms with Crippen LogP contribution in [-0.4, -0.2) is 55.2 Å². The predicted octanol–water partition coefficient (Wildman–Crippen LogP) is 1.26. The molecule has 0 amide bonds. The van der Waals surface area contributed by atoms with E-state index in [0.29, 0.717) is 12.1 Å². The molecule has 3 heterocycles. The molecule has 3 rings (SSSR count). The van der Waals surface area contributed by atoms with Crippen molar-refractivity contribution in [2.75, 3.05) is 33.3 Å². The van der Waals surface area contributed by atoms with Gasteiger partial charge in [-0.05, 0) is 18.5 Å². The summed E-state index contributed by atoms with van der Waals surface area (Å²) in [7, 11) is 2.22. The van der Waals surface area contributed by atoms with Gasteiger partial charge in [-0.25, -0.2) is 0 Å². The molecule has 0 saturated carbocycles. The summed E-state index contributed by atoms with van der Waals surface area (Å²) in [6.45, 7) is 5.30. The van der Waals surface area contributed by atoms with Gasteiger partial charge in [0.25, 0.3) is 0 Å². The Hall–Kier alpha value is -0.420. The lowest BCUT2D eigenvalue weighted by atomic mass is 10.1. The van der Waals surface area contributed by atoms with Crippen molar-refractivity contribution in [3.8, 4) is 0 Å². The highest BCUT2D eigenvalue weighted by atomic mass is 32.1. The Morgan fingerprint density at radius 3 is 3.19 bits per heavy atom. The fraction of sp³-hybridized carbons (Fsp3) is 0.667. The molecular weight excluding hydrogens is 220 g/mol. The number of hydrogen-bond donors (Lipinski definition) is 0. The van der Waals surface area contributed by atoms with Crippen LogP contribution < -0.4 is 0 Å². The van der Waals surface area contributed by atoms with Gasteiger partial charge in [-0.1, -0.05) is 6.07 Å². The van der Waals surface area contributed by atoms with Crippen molar-refractivity contribution >= 4 is 11.3 Å². The van der Waals surface area contributed by atoms with Crippen LogP contribution >= 0.6 is 11.3 Å². The Labute approximate surface area is 101 Å². The zero-order chi connectivity index (χ0) is 11.0. The molecule has 2 aliphatic heterocycles. The van der Waals surface area contributed by atoms with E-state index in [1.807, 2.05) is 11.3 Å². The van der Waals surface area contributed by atoms with E-state index in [9.17, 15) is 0 Å². The summed E-state index contributed by atoms with van der Waals surface area (Å²) < 4.78 is 5.84. The third-order valence-corrected chi connectivity index (χ3v) is 4.48. The maximum absolute atomic E-state index is 5.84. The second-order valence-electron chi connectivity index (χ2n) is 4.73. The average molecular weight is 238 g/mol. The van der Waals surface area contributed by atoms with Crippen molar-refractivity contribution in [3.63, 3.8) is 0 Å². The van der Waals surface area contributed by atoms with Crippen LogP contribution in [0.15, 0.2) is 17.5 Å².